The summed E-state index contributed by atoms with van der Waals surface area (Å²) in [5.74, 6) is 3.22. The molecule has 15 heavy (non-hydrogen) atoms. The first-order valence-corrected chi connectivity index (χ1v) is 4.85. The summed E-state index contributed by atoms with van der Waals surface area (Å²) < 4.78 is 5.20. The van der Waals surface area contributed by atoms with Crippen molar-refractivity contribution in [2.24, 2.45) is 5.92 Å². The van der Waals surface area contributed by atoms with Crippen molar-refractivity contribution in [1.29, 1.82) is 0 Å². The van der Waals surface area contributed by atoms with Crippen LogP contribution in [0.3, 0.4) is 0 Å². The van der Waals surface area contributed by atoms with Crippen LogP contribution in [0.25, 0.3) is 0 Å². The summed E-state index contributed by atoms with van der Waals surface area (Å²) in [6.45, 7) is 4.01. The second-order valence-electron chi connectivity index (χ2n) is 3.54. The van der Waals surface area contributed by atoms with Crippen molar-refractivity contribution >= 4 is 5.78 Å². The summed E-state index contributed by atoms with van der Waals surface area (Å²) in [6, 6.07) is 7.03. The van der Waals surface area contributed by atoms with Crippen molar-refractivity contribution in [3.63, 3.8) is 0 Å². The third-order valence-electron chi connectivity index (χ3n) is 1.99. The van der Waals surface area contributed by atoms with Gasteiger partial charge in [-0.3, -0.25) is 4.79 Å². The molecule has 0 atom stereocenters. The Morgan fingerprint density at radius 1 is 1.40 bits per heavy atom. The van der Waals surface area contributed by atoms with Crippen molar-refractivity contribution in [1.82, 2.24) is 0 Å². The van der Waals surface area contributed by atoms with Gasteiger partial charge in [0.15, 0.2) is 5.78 Å². The summed E-state index contributed by atoms with van der Waals surface area (Å²) in [6.07, 6.45) is 5.07. The Bertz CT molecular complexity index is 369. The molecule has 0 radical (unpaired) electrons. The third kappa shape index (κ3) is 3.14. The number of carbonyl (C=O) groups excluding carboxylic acids is 1. The van der Waals surface area contributed by atoms with Gasteiger partial charge in [-0.05, 0) is 24.3 Å². The first-order chi connectivity index (χ1) is 7.15. The van der Waals surface area contributed by atoms with Gasteiger partial charge in [0.25, 0.3) is 0 Å². The number of Topliss-reactive ketones (excluding diaryl/α,β-unsaturated/α-hetero) is 1. The maximum atomic E-state index is 11.6. The molecule has 78 valence electrons. The largest absolute Gasteiger partial charge is 0.481 e. The van der Waals surface area contributed by atoms with Gasteiger partial charge in [-0.15, -0.1) is 6.42 Å². The normalized spacial score (nSPS) is 9.73. The molecule has 0 N–H and O–H groups in total. The van der Waals surface area contributed by atoms with Crippen LogP contribution in [0.5, 0.6) is 5.75 Å². The van der Waals surface area contributed by atoms with E-state index in [1.165, 1.54) is 0 Å². The van der Waals surface area contributed by atoms with Gasteiger partial charge in [0.05, 0.1) is 0 Å². The monoisotopic (exact) mass is 202 g/mol. The molecule has 0 aliphatic carbocycles. The molecule has 0 saturated carbocycles. The smallest absolute Gasteiger partial charge is 0.165 e. The van der Waals surface area contributed by atoms with Crippen LogP contribution in [-0.2, 0) is 0 Å². The van der Waals surface area contributed by atoms with Gasteiger partial charge in [0.1, 0.15) is 12.4 Å². The second kappa shape index (κ2) is 5.21. The lowest BCUT2D eigenvalue weighted by Crippen LogP contribution is -2.07. The van der Waals surface area contributed by atoms with E-state index < -0.39 is 0 Å². The van der Waals surface area contributed by atoms with Gasteiger partial charge in [0.2, 0.25) is 0 Å². The molecule has 0 unspecified atom stereocenters. The molecule has 1 aromatic rings. The van der Waals surface area contributed by atoms with Crippen molar-refractivity contribution in [3.8, 4) is 18.1 Å². The average molecular weight is 202 g/mol. The van der Waals surface area contributed by atoms with E-state index in [1.807, 2.05) is 13.8 Å². The number of terminal acetylenes is 1. The zero-order chi connectivity index (χ0) is 11.3. The van der Waals surface area contributed by atoms with Crippen LogP contribution in [0, 0.1) is 18.3 Å². The summed E-state index contributed by atoms with van der Waals surface area (Å²) in [5, 5.41) is 0. The summed E-state index contributed by atoms with van der Waals surface area (Å²) >= 11 is 0. The number of benzene rings is 1. The van der Waals surface area contributed by atoms with E-state index >= 15 is 0 Å². The lowest BCUT2D eigenvalue weighted by molar-refractivity contribution is 0.0939. The number of carbonyl (C=O) groups is 1. The van der Waals surface area contributed by atoms with E-state index in [9.17, 15) is 4.79 Å². The zero-order valence-corrected chi connectivity index (χ0v) is 8.99. The Balaban J connectivity index is 2.73. The molecule has 0 spiro atoms. The van der Waals surface area contributed by atoms with Crippen LogP contribution in [0.15, 0.2) is 24.3 Å². The molecular formula is C13H14O2. The molecule has 0 amide bonds. The molecule has 0 aromatic heterocycles. The van der Waals surface area contributed by atoms with Crippen molar-refractivity contribution in [2.75, 3.05) is 6.61 Å². The van der Waals surface area contributed by atoms with Gasteiger partial charge >= 0.3 is 0 Å². The predicted molar refractivity (Wildman–Crippen MR) is 59.9 cm³/mol. The maximum Gasteiger partial charge on any atom is 0.165 e. The fraction of sp³-hybridized carbons (Fsp3) is 0.308. The fourth-order valence-electron chi connectivity index (χ4n) is 1.17. The van der Waals surface area contributed by atoms with Gasteiger partial charge in [-0.1, -0.05) is 19.8 Å². The summed E-state index contributed by atoms with van der Waals surface area (Å²) in [4.78, 5) is 11.6. The van der Waals surface area contributed by atoms with E-state index in [0.717, 1.165) is 0 Å². The first-order valence-electron chi connectivity index (χ1n) is 4.85. The van der Waals surface area contributed by atoms with Crippen LogP contribution in [0.1, 0.15) is 24.2 Å². The molecule has 0 saturated heterocycles. The van der Waals surface area contributed by atoms with Crippen molar-refractivity contribution < 1.29 is 9.53 Å². The third-order valence-corrected chi connectivity index (χ3v) is 1.99. The molecule has 0 fully saturated rings. The van der Waals surface area contributed by atoms with Gasteiger partial charge in [0, 0.05) is 11.5 Å². The minimum Gasteiger partial charge on any atom is -0.481 e. The number of hydrogen-bond donors (Lipinski definition) is 0. The van der Waals surface area contributed by atoms with Gasteiger partial charge < -0.3 is 4.74 Å². The van der Waals surface area contributed by atoms with E-state index in [0.29, 0.717) is 11.3 Å². The van der Waals surface area contributed by atoms with E-state index in [1.54, 1.807) is 24.3 Å². The molecule has 0 bridgehead atoms. The highest BCUT2D eigenvalue weighted by molar-refractivity contribution is 5.97. The zero-order valence-electron chi connectivity index (χ0n) is 8.99. The molecule has 0 heterocycles. The Morgan fingerprint density at radius 3 is 2.47 bits per heavy atom. The molecular weight excluding hydrogens is 188 g/mol. The van der Waals surface area contributed by atoms with E-state index in [2.05, 4.69) is 5.92 Å². The summed E-state index contributed by atoms with van der Waals surface area (Å²) in [5.41, 5.74) is 0.707. The quantitative estimate of drug-likeness (QED) is 0.554. The minimum absolute atomic E-state index is 0.0162. The number of rotatable bonds is 4. The van der Waals surface area contributed by atoms with Gasteiger partial charge in [-0.2, -0.15) is 0 Å². The Hall–Kier alpha value is -1.75. The van der Waals surface area contributed by atoms with Crippen LogP contribution < -0.4 is 4.74 Å². The SMILES string of the molecule is C#CCOc1ccc(C(=O)C(C)C)cc1. The molecule has 0 aliphatic rings. The maximum absolute atomic E-state index is 11.6. The predicted octanol–water partition coefficient (Wildman–Crippen LogP) is 2.54. The average Bonchev–Trinajstić information content (AvgIpc) is 2.26. The molecule has 1 rings (SSSR count). The van der Waals surface area contributed by atoms with Crippen LogP contribution in [-0.4, -0.2) is 12.4 Å². The van der Waals surface area contributed by atoms with Crippen LogP contribution >= 0.6 is 0 Å². The van der Waals surface area contributed by atoms with E-state index in [-0.39, 0.29) is 18.3 Å². The summed E-state index contributed by atoms with van der Waals surface area (Å²) in [7, 11) is 0. The minimum atomic E-state index is 0.0162. The Morgan fingerprint density at radius 2 is 2.00 bits per heavy atom. The highest BCUT2D eigenvalue weighted by Gasteiger charge is 2.09. The Labute approximate surface area is 90.3 Å². The van der Waals surface area contributed by atoms with Gasteiger partial charge in [-0.25, -0.2) is 0 Å². The first kappa shape index (κ1) is 11.3. The lowest BCUT2D eigenvalue weighted by Gasteiger charge is -2.05. The van der Waals surface area contributed by atoms with Crippen molar-refractivity contribution in [3.05, 3.63) is 29.8 Å². The molecule has 1 aromatic carbocycles. The standard InChI is InChI=1S/C13H14O2/c1-4-9-15-12-7-5-11(6-8-12)13(14)10(2)3/h1,5-8,10H,9H2,2-3H3. The molecule has 0 aliphatic heterocycles. The molecule has 2 heteroatoms. The molecule has 2 nitrogen and oxygen atoms in total. The fourth-order valence-corrected chi connectivity index (χ4v) is 1.17. The highest BCUT2D eigenvalue weighted by atomic mass is 16.5. The number of hydrogen-bond acceptors (Lipinski definition) is 2. The highest BCUT2D eigenvalue weighted by Crippen LogP contribution is 2.14. The second-order valence-corrected chi connectivity index (χ2v) is 3.54. The number of ether oxygens (including phenoxy) is 1. The topological polar surface area (TPSA) is 26.3 Å². The van der Waals surface area contributed by atoms with Crippen molar-refractivity contribution in [2.45, 2.75) is 13.8 Å². The van der Waals surface area contributed by atoms with Crippen LogP contribution in [0.2, 0.25) is 0 Å². The Kier molecular flexibility index (Phi) is 3.93. The van der Waals surface area contributed by atoms with E-state index in [4.69, 9.17) is 11.2 Å². The van der Waals surface area contributed by atoms with Crippen LogP contribution in [0.4, 0.5) is 0 Å². The number of ketones is 1. The lowest BCUT2D eigenvalue weighted by atomic mass is 10.0.